The third-order valence-corrected chi connectivity index (χ3v) is 0.252. The third-order valence-electron chi connectivity index (χ3n) is 0.252. The second-order valence-corrected chi connectivity index (χ2v) is 1.17. The number of rotatable bonds is 0. The molecular weight excluding hydrogens is 174 g/mol. The largest absolute Gasteiger partial charge is 0.411 e. The average Bonchev–Trinajstić information content (AvgIpc) is 1.58. The molecule has 0 nitrogen and oxygen atoms in total. The van der Waals surface area contributed by atoms with Gasteiger partial charge in [-0.25, -0.2) is 4.39 Å². The molecule has 6 heteroatoms. The zero-order valence-corrected chi connectivity index (χ0v) is 5.13. The second kappa shape index (κ2) is 5.82. The van der Waals surface area contributed by atoms with Crippen molar-refractivity contribution in [2.24, 2.45) is 0 Å². The molecule has 0 aliphatic rings. The van der Waals surface area contributed by atoms with Crippen LogP contribution in [-0.2, 0) is 0 Å². The smallest absolute Gasteiger partial charge is 0.216 e. The second-order valence-electron chi connectivity index (χ2n) is 1.17. The Hall–Kier alpha value is -0.940. The summed E-state index contributed by atoms with van der Waals surface area (Å²) in [6, 6.07) is 0. The highest BCUT2D eigenvalue weighted by Crippen LogP contribution is 2.15. The van der Waals surface area contributed by atoms with Crippen molar-refractivity contribution in [3.8, 4) is 0 Å². The Bertz CT molecular complexity index is 128. The summed E-state index contributed by atoms with van der Waals surface area (Å²) in [7, 11) is 0. The lowest BCUT2D eigenvalue weighted by molar-refractivity contribution is -0.0805. The van der Waals surface area contributed by atoms with Crippen molar-refractivity contribution in [3.63, 3.8) is 0 Å². The van der Waals surface area contributed by atoms with Gasteiger partial charge in [-0.2, -0.15) is 22.0 Å². The first-order valence-electron chi connectivity index (χ1n) is 2.14. The maximum atomic E-state index is 10.7. The molecule has 0 atom stereocenters. The predicted molar refractivity (Wildman–Crippen MR) is 27.7 cm³/mol. The molecule has 0 rings (SSSR count). The highest BCUT2D eigenvalue weighted by Gasteiger charge is 2.21. The molecule has 0 aromatic carbocycles. The molecule has 66 valence electrons. The first kappa shape index (κ1) is 12.7. The van der Waals surface area contributed by atoms with Crippen LogP contribution >= 0.6 is 0 Å². The molecule has 0 spiro atoms. The topological polar surface area (TPSA) is 0 Å². The molecule has 0 bridgehead atoms. The van der Waals surface area contributed by atoms with Crippen LogP contribution in [0.15, 0.2) is 25.1 Å². The van der Waals surface area contributed by atoms with Gasteiger partial charge in [0.15, 0.2) is 0 Å². The number of alkyl halides is 3. The Morgan fingerprint density at radius 3 is 1.45 bits per heavy atom. The fourth-order valence-corrected chi connectivity index (χ4v) is 0.0714. The Morgan fingerprint density at radius 2 is 1.45 bits per heavy atom. The van der Waals surface area contributed by atoms with Gasteiger partial charge >= 0.3 is 6.18 Å². The molecule has 0 heterocycles. The Morgan fingerprint density at radius 1 is 1.18 bits per heavy atom. The van der Waals surface area contributed by atoms with Gasteiger partial charge in [0.1, 0.15) is 0 Å². The summed E-state index contributed by atoms with van der Waals surface area (Å²) in [4.78, 5) is 0. The van der Waals surface area contributed by atoms with Crippen molar-refractivity contribution >= 4 is 0 Å². The van der Waals surface area contributed by atoms with Crippen LogP contribution in [0.5, 0.6) is 0 Å². The van der Waals surface area contributed by atoms with Crippen molar-refractivity contribution < 1.29 is 26.3 Å². The highest BCUT2D eigenvalue weighted by molar-refractivity contribution is 4.80. The van der Waals surface area contributed by atoms with Crippen molar-refractivity contribution in [2.45, 2.75) is 6.18 Å². The Balaban J connectivity index is 0. The monoisotopic (exact) mass is 178 g/mol. The molecule has 0 aliphatic heterocycles. The van der Waals surface area contributed by atoms with Gasteiger partial charge in [-0.15, -0.1) is 0 Å². The van der Waals surface area contributed by atoms with Crippen LogP contribution in [0.3, 0.4) is 0 Å². The summed E-state index contributed by atoms with van der Waals surface area (Å²) in [6.45, 7) is 2.22. The van der Waals surface area contributed by atoms with E-state index in [1.807, 2.05) is 0 Å². The van der Waals surface area contributed by atoms with Gasteiger partial charge in [0.25, 0.3) is 6.08 Å². The van der Waals surface area contributed by atoms with Crippen LogP contribution in [0.25, 0.3) is 0 Å². The average molecular weight is 178 g/mol. The van der Waals surface area contributed by atoms with Crippen LogP contribution in [0.1, 0.15) is 0 Å². The summed E-state index contributed by atoms with van der Waals surface area (Å²) in [5.41, 5.74) is 0. The number of hydrogen-bond acceptors (Lipinski definition) is 0. The van der Waals surface area contributed by atoms with E-state index >= 15 is 0 Å². The number of hydrogen-bond donors (Lipinski definition) is 0. The van der Waals surface area contributed by atoms with Crippen molar-refractivity contribution in [3.05, 3.63) is 25.1 Å². The van der Waals surface area contributed by atoms with Crippen molar-refractivity contribution in [2.75, 3.05) is 0 Å². The predicted octanol–water partition coefficient (Wildman–Crippen LogP) is 3.43. The lowest BCUT2D eigenvalue weighted by Gasteiger charge is -1.92. The maximum Gasteiger partial charge on any atom is 0.411 e. The molecule has 0 aromatic rings. The zero-order valence-electron chi connectivity index (χ0n) is 5.13. The zero-order chi connectivity index (χ0) is 9.49. The van der Waals surface area contributed by atoms with E-state index in [0.29, 0.717) is 0 Å². The quantitative estimate of drug-likeness (QED) is 0.498. The number of allylic oxidation sites excluding steroid dienone is 1. The normalized spacial score (nSPS) is 10.7. The van der Waals surface area contributed by atoms with E-state index in [4.69, 9.17) is 0 Å². The Labute approximate surface area is 58.8 Å². The van der Waals surface area contributed by atoms with Gasteiger partial charge in [-0.1, -0.05) is 0 Å². The fourth-order valence-electron chi connectivity index (χ4n) is 0.0714. The summed E-state index contributed by atoms with van der Waals surface area (Å²) >= 11 is 0. The summed E-state index contributed by atoms with van der Waals surface area (Å²) in [5, 5.41) is 0. The van der Waals surface area contributed by atoms with Gasteiger partial charge in [-0.05, 0) is 6.58 Å². The molecule has 0 amide bonds. The molecule has 0 saturated carbocycles. The fraction of sp³-hybridized carbons (Fsp3) is 0.200. The molecule has 0 aromatic heterocycles. The van der Waals surface area contributed by atoms with E-state index in [2.05, 4.69) is 6.58 Å². The third kappa shape index (κ3) is 48.2. The minimum atomic E-state index is -4.51. The van der Waals surface area contributed by atoms with Crippen LogP contribution in [0, 0.1) is 0 Å². The molecule has 0 fully saturated rings. The summed E-state index contributed by atoms with van der Waals surface area (Å²) in [5.74, 6) is 0. The summed E-state index contributed by atoms with van der Waals surface area (Å²) in [6.07, 6.45) is -7.36. The van der Waals surface area contributed by atoms with Crippen LogP contribution in [-0.4, -0.2) is 6.18 Å². The molecule has 0 unspecified atom stereocenters. The van der Waals surface area contributed by atoms with E-state index in [-0.39, 0.29) is 0 Å². The highest BCUT2D eigenvalue weighted by atomic mass is 19.4. The van der Waals surface area contributed by atoms with Gasteiger partial charge in [0.05, 0.1) is 6.33 Å². The van der Waals surface area contributed by atoms with Gasteiger partial charge < -0.3 is 0 Å². The SMILES string of the molecule is C=C(F)F.FC=CC(F)(F)F. The van der Waals surface area contributed by atoms with Crippen LogP contribution in [0.2, 0.25) is 0 Å². The summed E-state index contributed by atoms with van der Waals surface area (Å²) < 4.78 is 63.1. The first-order valence-corrected chi connectivity index (χ1v) is 2.14. The molecule has 0 N–H and O–H groups in total. The van der Waals surface area contributed by atoms with E-state index in [1.165, 1.54) is 0 Å². The minimum absolute atomic E-state index is 0.479. The van der Waals surface area contributed by atoms with Crippen LogP contribution < -0.4 is 0 Å². The Kier molecular flexibility index (Phi) is 6.72. The maximum absolute atomic E-state index is 10.7. The van der Waals surface area contributed by atoms with Gasteiger partial charge in [0.2, 0.25) is 0 Å². The molecule has 11 heavy (non-hydrogen) atoms. The molecule has 0 aliphatic carbocycles. The van der Waals surface area contributed by atoms with Crippen LogP contribution in [0.4, 0.5) is 26.3 Å². The van der Waals surface area contributed by atoms with Gasteiger partial charge in [0, 0.05) is 6.08 Å². The first-order chi connectivity index (χ1) is 4.79. The molecular formula is C5H4F6. The van der Waals surface area contributed by atoms with E-state index in [1.54, 1.807) is 0 Å². The van der Waals surface area contributed by atoms with Crippen molar-refractivity contribution in [1.29, 1.82) is 0 Å². The van der Waals surface area contributed by atoms with E-state index in [0.717, 1.165) is 0 Å². The lowest BCUT2D eigenvalue weighted by atomic mass is 10.6. The minimum Gasteiger partial charge on any atom is -0.216 e. The standard InChI is InChI=1S/C3H2F4.C2H2F2/c4-2-1-3(5,6)7;1-2(3)4/h1-2H;1H2. The van der Waals surface area contributed by atoms with Crippen molar-refractivity contribution in [1.82, 2.24) is 0 Å². The van der Waals surface area contributed by atoms with E-state index < -0.39 is 24.7 Å². The van der Waals surface area contributed by atoms with E-state index in [9.17, 15) is 26.3 Å². The molecule has 0 radical (unpaired) electrons. The molecule has 0 saturated heterocycles. The number of halogens is 6. The van der Waals surface area contributed by atoms with Gasteiger partial charge in [-0.3, -0.25) is 0 Å². The lowest BCUT2D eigenvalue weighted by Crippen LogP contribution is -1.99.